The zero-order chi connectivity index (χ0) is 13.8. The molecule has 1 amide bonds. The van der Waals surface area contributed by atoms with E-state index in [9.17, 15) is 9.59 Å². The highest BCUT2D eigenvalue weighted by atomic mass is 35.5. The molecule has 0 aromatic heterocycles. The topological polar surface area (TPSA) is 55.8 Å². The number of carbonyl (C=O) groups excluding carboxylic acids is 2. The van der Waals surface area contributed by atoms with Gasteiger partial charge in [0, 0.05) is 32.8 Å². The normalized spacial score (nSPS) is 21.8. The zero-order valence-corrected chi connectivity index (χ0v) is 11.8. The Hall–Kier alpha value is -0.810. The number of ether oxygens (including phenoxy) is 2. The lowest BCUT2D eigenvalue weighted by Crippen LogP contribution is -2.37. The van der Waals surface area contributed by atoms with E-state index in [1.807, 2.05) is 6.92 Å². The molecule has 6 heteroatoms. The summed E-state index contributed by atoms with van der Waals surface area (Å²) in [7, 11) is 0. The molecule has 5 nitrogen and oxygen atoms in total. The van der Waals surface area contributed by atoms with E-state index in [2.05, 4.69) is 0 Å². The molecule has 104 valence electrons. The van der Waals surface area contributed by atoms with E-state index in [0.29, 0.717) is 19.0 Å². The molecule has 0 radical (unpaired) electrons. The predicted molar refractivity (Wildman–Crippen MR) is 67.3 cm³/mol. The monoisotopic (exact) mass is 277 g/mol. The van der Waals surface area contributed by atoms with E-state index >= 15 is 0 Å². The molecule has 1 unspecified atom stereocenters. The van der Waals surface area contributed by atoms with E-state index in [0.717, 1.165) is 6.42 Å². The van der Waals surface area contributed by atoms with Crippen LogP contribution in [-0.2, 0) is 19.1 Å². The highest BCUT2D eigenvalue weighted by molar-refractivity contribution is 6.18. The average molecular weight is 278 g/mol. The van der Waals surface area contributed by atoms with E-state index in [1.54, 1.807) is 18.7 Å². The van der Waals surface area contributed by atoms with E-state index in [-0.39, 0.29) is 12.3 Å². The van der Waals surface area contributed by atoms with Gasteiger partial charge < -0.3 is 14.4 Å². The maximum absolute atomic E-state index is 12.0. The molecule has 0 spiro atoms. The van der Waals surface area contributed by atoms with Crippen LogP contribution >= 0.6 is 11.6 Å². The van der Waals surface area contributed by atoms with Crippen molar-refractivity contribution in [3.63, 3.8) is 0 Å². The number of hydrogen-bond donors (Lipinski definition) is 0. The van der Waals surface area contributed by atoms with E-state index in [1.165, 1.54) is 0 Å². The van der Waals surface area contributed by atoms with Gasteiger partial charge in [0.2, 0.25) is 11.7 Å². The molecule has 1 aliphatic rings. The lowest BCUT2D eigenvalue weighted by atomic mass is 10.2. The van der Waals surface area contributed by atoms with Crippen LogP contribution in [0.1, 0.15) is 33.6 Å². The van der Waals surface area contributed by atoms with Crippen molar-refractivity contribution in [2.24, 2.45) is 0 Å². The van der Waals surface area contributed by atoms with Crippen LogP contribution in [0.3, 0.4) is 0 Å². The highest BCUT2D eigenvalue weighted by Crippen LogP contribution is 2.25. The summed E-state index contributed by atoms with van der Waals surface area (Å²) >= 11 is 5.65. The first-order valence-electron chi connectivity index (χ1n) is 6.14. The third kappa shape index (κ3) is 4.14. The summed E-state index contributed by atoms with van der Waals surface area (Å²) in [5, 5.41) is 0. The second-order valence-electron chi connectivity index (χ2n) is 4.70. The van der Waals surface area contributed by atoms with Crippen molar-refractivity contribution >= 4 is 23.5 Å². The molecule has 0 bridgehead atoms. The lowest BCUT2D eigenvalue weighted by Gasteiger charge is -2.22. The second kappa shape index (κ2) is 6.38. The third-order valence-electron chi connectivity index (χ3n) is 2.60. The van der Waals surface area contributed by atoms with Crippen LogP contribution < -0.4 is 0 Å². The molecule has 18 heavy (non-hydrogen) atoms. The molecule has 1 rings (SSSR count). The summed E-state index contributed by atoms with van der Waals surface area (Å²) in [5.41, 5.74) is 0. The van der Waals surface area contributed by atoms with Gasteiger partial charge in [0.15, 0.2) is 6.10 Å². The van der Waals surface area contributed by atoms with Crippen LogP contribution in [-0.4, -0.2) is 47.6 Å². The van der Waals surface area contributed by atoms with Gasteiger partial charge in [-0.15, -0.1) is 11.6 Å². The van der Waals surface area contributed by atoms with Crippen molar-refractivity contribution in [1.29, 1.82) is 0 Å². The Morgan fingerprint density at radius 3 is 2.56 bits per heavy atom. The fraction of sp³-hybridized carbons (Fsp3) is 0.833. The molecular formula is C12H20ClNO4. The van der Waals surface area contributed by atoms with Crippen LogP contribution in [0.25, 0.3) is 0 Å². The number of carbonyl (C=O) groups is 2. The largest absolute Gasteiger partial charge is 0.432 e. The van der Waals surface area contributed by atoms with Crippen LogP contribution in [0.4, 0.5) is 0 Å². The van der Waals surface area contributed by atoms with Crippen LogP contribution in [0.15, 0.2) is 0 Å². The maximum atomic E-state index is 12.0. The van der Waals surface area contributed by atoms with Gasteiger partial charge in [-0.2, -0.15) is 0 Å². The van der Waals surface area contributed by atoms with E-state index in [4.69, 9.17) is 21.1 Å². The number of alkyl halides is 1. The number of hydrogen-bond acceptors (Lipinski definition) is 4. The quantitative estimate of drug-likeness (QED) is 0.546. The van der Waals surface area contributed by atoms with Gasteiger partial charge in [-0.1, -0.05) is 6.92 Å². The minimum atomic E-state index is -0.940. The highest BCUT2D eigenvalue weighted by Gasteiger charge is 2.42. The fourth-order valence-corrected chi connectivity index (χ4v) is 2.07. The molecule has 0 aromatic rings. The minimum absolute atomic E-state index is 0.0130. The second-order valence-corrected chi connectivity index (χ2v) is 5.08. The first-order chi connectivity index (χ1) is 8.39. The summed E-state index contributed by atoms with van der Waals surface area (Å²) in [5.74, 6) is -1.16. The Labute approximate surface area is 112 Å². The summed E-state index contributed by atoms with van der Waals surface area (Å²) in [6.07, 6.45) is 0.0608. The number of esters is 1. The first-order valence-corrected chi connectivity index (χ1v) is 6.67. The molecule has 0 aromatic carbocycles. The number of amides is 1. The Morgan fingerprint density at radius 2 is 2.11 bits per heavy atom. The maximum Gasteiger partial charge on any atom is 0.338 e. The van der Waals surface area contributed by atoms with Gasteiger partial charge in [0.1, 0.15) is 0 Å². The summed E-state index contributed by atoms with van der Waals surface area (Å²) in [4.78, 5) is 25.2. The SMILES string of the molecule is CCCN(CCCl)C(=O)CC1OC(C)(C)OC1=O. The van der Waals surface area contributed by atoms with Crippen molar-refractivity contribution in [3.8, 4) is 0 Å². The average Bonchev–Trinajstić information content (AvgIpc) is 2.51. The fourth-order valence-electron chi connectivity index (χ4n) is 1.87. The number of rotatable bonds is 6. The molecule has 1 fully saturated rings. The summed E-state index contributed by atoms with van der Waals surface area (Å²) in [6, 6.07) is 0. The minimum Gasteiger partial charge on any atom is -0.432 e. The summed E-state index contributed by atoms with van der Waals surface area (Å²) < 4.78 is 10.4. The molecule has 1 heterocycles. The molecule has 0 N–H and O–H groups in total. The smallest absolute Gasteiger partial charge is 0.338 e. The Balaban J connectivity index is 2.55. The Kier molecular flexibility index (Phi) is 5.41. The van der Waals surface area contributed by atoms with Crippen LogP contribution in [0.5, 0.6) is 0 Å². The van der Waals surface area contributed by atoms with Crippen molar-refractivity contribution < 1.29 is 19.1 Å². The van der Waals surface area contributed by atoms with Crippen molar-refractivity contribution in [2.75, 3.05) is 19.0 Å². The van der Waals surface area contributed by atoms with Gasteiger partial charge >= 0.3 is 5.97 Å². The predicted octanol–water partition coefficient (Wildman–Crippen LogP) is 1.53. The van der Waals surface area contributed by atoms with Crippen LogP contribution in [0, 0.1) is 0 Å². The first kappa shape index (κ1) is 15.2. The number of nitrogens with zero attached hydrogens (tertiary/aromatic N) is 1. The molecule has 1 aliphatic heterocycles. The Morgan fingerprint density at radius 1 is 1.44 bits per heavy atom. The third-order valence-corrected chi connectivity index (χ3v) is 2.77. The molecule has 1 atom stereocenters. The van der Waals surface area contributed by atoms with Gasteiger partial charge in [-0.05, 0) is 6.42 Å². The Bertz CT molecular complexity index is 313. The van der Waals surface area contributed by atoms with Gasteiger partial charge in [0.25, 0.3) is 0 Å². The standard InChI is InChI=1S/C12H20ClNO4/c1-4-6-14(7-5-13)10(15)8-9-11(16)18-12(2,3)17-9/h9H,4-8H2,1-3H3. The molecule has 1 saturated heterocycles. The van der Waals surface area contributed by atoms with Crippen molar-refractivity contribution in [1.82, 2.24) is 4.90 Å². The molecule has 0 saturated carbocycles. The van der Waals surface area contributed by atoms with Crippen molar-refractivity contribution in [3.05, 3.63) is 0 Å². The number of halogens is 1. The number of cyclic esters (lactones) is 1. The zero-order valence-electron chi connectivity index (χ0n) is 11.1. The summed E-state index contributed by atoms with van der Waals surface area (Å²) in [6.45, 7) is 6.41. The molecular weight excluding hydrogens is 258 g/mol. The lowest BCUT2D eigenvalue weighted by molar-refractivity contribution is -0.161. The van der Waals surface area contributed by atoms with Gasteiger partial charge in [0.05, 0.1) is 6.42 Å². The van der Waals surface area contributed by atoms with Crippen LogP contribution in [0.2, 0.25) is 0 Å². The van der Waals surface area contributed by atoms with Gasteiger partial charge in [-0.25, -0.2) is 4.79 Å². The molecule has 0 aliphatic carbocycles. The van der Waals surface area contributed by atoms with Crippen molar-refractivity contribution in [2.45, 2.75) is 45.5 Å². The van der Waals surface area contributed by atoms with Gasteiger partial charge in [-0.3, -0.25) is 4.79 Å². The van der Waals surface area contributed by atoms with E-state index < -0.39 is 17.9 Å².